The second-order valence-corrected chi connectivity index (χ2v) is 5.74. The number of para-hydroxylation sites is 1. The molecule has 0 unspecified atom stereocenters. The van der Waals surface area contributed by atoms with Crippen LogP contribution < -0.4 is 10.6 Å². The molecule has 0 spiro atoms. The van der Waals surface area contributed by atoms with Gasteiger partial charge in [0.25, 0.3) is 0 Å². The molecule has 0 bridgehead atoms. The summed E-state index contributed by atoms with van der Waals surface area (Å²) < 4.78 is 0. The molecule has 0 atom stereocenters. The molecular weight excluding hydrogens is 314 g/mol. The molecule has 0 saturated heterocycles. The van der Waals surface area contributed by atoms with Gasteiger partial charge in [0.2, 0.25) is 5.91 Å². The van der Waals surface area contributed by atoms with Gasteiger partial charge < -0.3 is 10.6 Å². The van der Waals surface area contributed by atoms with Crippen molar-refractivity contribution in [1.82, 2.24) is 4.98 Å². The second kappa shape index (κ2) is 7.57. The van der Waals surface area contributed by atoms with E-state index in [1.54, 1.807) is 18.3 Å². The molecule has 3 rings (SSSR count). The van der Waals surface area contributed by atoms with Crippen LogP contribution in [0.1, 0.15) is 23.7 Å². The van der Waals surface area contributed by atoms with Crippen molar-refractivity contribution in [3.05, 3.63) is 66.4 Å². The van der Waals surface area contributed by atoms with Crippen LogP contribution in [-0.4, -0.2) is 23.2 Å². The minimum atomic E-state index is -0.0778. The molecule has 2 N–H and O–H groups in total. The number of hydrogen-bond donors (Lipinski definition) is 2. The van der Waals surface area contributed by atoms with E-state index in [-0.39, 0.29) is 11.7 Å². The van der Waals surface area contributed by atoms with E-state index >= 15 is 0 Å². The summed E-state index contributed by atoms with van der Waals surface area (Å²) in [5.41, 5.74) is 3.05. The zero-order chi connectivity index (χ0) is 17.6. The largest absolute Gasteiger partial charge is 0.385 e. The summed E-state index contributed by atoms with van der Waals surface area (Å²) in [7, 11) is 0. The van der Waals surface area contributed by atoms with E-state index in [2.05, 4.69) is 15.6 Å². The van der Waals surface area contributed by atoms with Crippen molar-refractivity contribution >= 4 is 34.0 Å². The molecule has 2 aromatic carbocycles. The van der Waals surface area contributed by atoms with E-state index < -0.39 is 0 Å². The Bertz CT molecular complexity index is 899. The Morgan fingerprint density at radius 3 is 2.52 bits per heavy atom. The third-order valence-corrected chi connectivity index (χ3v) is 3.88. The van der Waals surface area contributed by atoms with Crippen LogP contribution in [0.3, 0.4) is 0 Å². The number of anilines is 2. The van der Waals surface area contributed by atoms with Gasteiger partial charge in [-0.3, -0.25) is 14.6 Å². The molecule has 0 aliphatic heterocycles. The van der Waals surface area contributed by atoms with E-state index in [4.69, 9.17) is 0 Å². The lowest BCUT2D eigenvalue weighted by Gasteiger charge is -2.09. The number of amides is 1. The molecule has 0 saturated carbocycles. The third kappa shape index (κ3) is 4.20. The van der Waals surface area contributed by atoms with Gasteiger partial charge in [0.1, 0.15) is 0 Å². The van der Waals surface area contributed by atoms with Crippen LogP contribution in [0.15, 0.2) is 60.8 Å². The number of nitrogens with zero attached hydrogens (tertiary/aromatic N) is 1. The Labute approximate surface area is 146 Å². The van der Waals surface area contributed by atoms with Crippen LogP contribution in [0, 0.1) is 0 Å². The highest BCUT2D eigenvalue weighted by Gasteiger charge is 2.06. The standard InChI is InChI=1S/C20H19N3O2/c1-14(24)15-7-9-17(10-8-15)21-13-11-19(25)23-18-6-2-4-16-5-3-12-22-20(16)18/h2-10,12,21H,11,13H2,1H3,(H,23,25). The minimum absolute atomic E-state index is 0.0367. The predicted molar refractivity (Wildman–Crippen MR) is 99.9 cm³/mol. The van der Waals surface area contributed by atoms with Gasteiger partial charge in [-0.05, 0) is 43.3 Å². The topological polar surface area (TPSA) is 71.1 Å². The van der Waals surface area contributed by atoms with Gasteiger partial charge in [-0.2, -0.15) is 0 Å². The second-order valence-electron chi connectivity index (χ2n) is 5.74. The minimum Gasteiger partial charge on any atom is -0.385 e. The summed E-state index contributed by atoms with van der Waals surface area (Å²) in [5, 5.41) is 7.08. The van der Waals surface area contributed by atoms with Crippen molar-refractivity contribution in [2.24, 2.45) is 0 Å². The fourth-order valence-corrected chi connectivity index (χ4v) is 2.56. The van der Waals surface area contributed by atoms with Crippen molar-refractivity contribution in [2.45, 2.75) is 13.3 Å². The first kappa shape index (κ1) is 16.6. The number of hydrogen-bond acceptors (Lipinski definition) is 4. The van der Waals surface area contributed by atoms with Crippen LogP contribution in [0.25, 0.3) is 10.9 Å². The fraction of sp³-hybridized carbons (Fsp3) is 0.150. The monoisotopic (exact) mass is 333 g/mol. The van der Waals surface area contributed by atoms with E-state index in [1.165, 1.54) is 6.92 Å². The molecule has 0 aliphatic rings. The number of aromatic nitrogens is 1. The van der Waals surface area contributed by atoms with Crippen molar-refractivity contribution in [2.75, 3.05) is 17.2 Å². The van der Waals surface area contributed by atoms with Gasteiger partial charge in [-0.25, -0.2) is 0 Å². The average Bonchev–Trinajstić information content (AvgIpc) is 2.62. The lowest BCUT2D eigenvalue weighted by atomic mass is 10.1. The quantitative estimate of drug-likeness (QED) is 0.672. The Morgan fingerprint density at radius 2 is 1.76 bits per heavy atom. The van der Waals surface area contributed by atoms with Crippen LogP contribution in [0.2, 0.25) is 0 Å². The summed E-state index contributed by atoms with van der Waals surface area (Å²) in [4.78, 5) is 27.7. The summed E-state index contributed by atoms with van der Waals surface area (Å²) in [6.07, 6.45) is 2.04. The number of fused-ring (bicyclic) bond motifs is 1. The van der Waals surface area contributed by atoms with E-state index in [0.717, 1.165) is 16.6 Å². The zero-order valence-electron chi connectivity index (χ0n) is 14.0. The highest BCUT2D eigenvalue weighted by Crippen LogP contribution is 2.20. The number of ketones is 1. The van der Waals surface area contributed by atoms with Crippen molar-refractivity contribution in [1.29, 1.82) is 0 Å². The number of carbonyl (C=O) groups is 2. The Morgan fingerprint density at radius 1 is 1.00 bits per heavy atom. The molecule has 5 heteroatoms. The molecule has 0 fully saturated rings. The average molecular weight is 333 g/mol. The summed E-state index contributed by atoms with van der Waals surface area (Å²) in [6.45, 7) is 2.04. The Hall–Kier alpha value is -3.21. The molecule has 3 aromatic rings. The summed E-state index contributed by atoms with van der Waals surface area (Å²) >= 11 is 0. The molecular formula is C20H19N3O2. The summed E-state index contributed by atoms with van der Waals surface area (Å²) in [5.74, 6) is -0.0411. The van der Waals surface area contributed by atoms with Crippen LogP contribution >= 0.6 is 0 Å². The predicted octanol–water partition coefficient (Wildman–Crippen LogP) is 3.88. The van der Waals surface area contributed by atoms with Gasteiger partial charge in [0.15, 0.2) is 5.78 Å². The summed E-state index contributed by atoms with van der Waals surface area (Å²) in [6, 6.07) is 16.8. The molecule has 126 valence electrons. The number of rotatable bonds is 6. The lowest BCUT2D eigenvalue weighted by molar-refractivity contribution is -0.115. The van der Waals surface area contributed by atoms with Gasteiger partial charge >= 0.3 is 0 Å². The van der Waals surface area contributed by atoms with Gasteiger partial charge in [-0.15, -0.1) is 0 Å². The number of pyridine rings is 1. The Balaban J connectivity index is 1.55. The first-order valence-corrected chi connectivity index (χ1v) is 8.12. The van der Waals surface area contributed by atoms with Crippen LogP contribution in [0.4, 0.5) is 11.4 Å². The Kier molecular flexibility index (Phi) is 5.04. The number of benzene rings is 2. The van der Waals surface area contributed by atoms with E-state index in [0.29, 0.717) is 24.2 Å². The maximum Gasteiger partial charge on any atom is 0.226 e. The van der Waals surface area contributed by atoms with Gasteiger partial charge in [0.05, 0.1) is 11.2 Å². The molecule has 1 aromatic heterocycles. The fourth-order valence-electron chi connectivity index (χ4n) is 2.56. The normalized spacial score (nSPS) is 10.4. The number of Topliss-reactive ketones (excluding diaryl/α,β-unsaturated/α-hetero) is 1. The van der Waals surface area contributed by atoms with Gasteiger partial charge in [0, 0.05) is 35.8 Å². The van der Waals surface area contributed by atoms with Crippen molar-refractivity contribution < 1.29 is 9.59 Å². The van der Waals surface area contributed by atoms with E-state index in [9.17, 15) is 9.59 Å². The molecule has 5 nitrogen and oxygen atoms in total. The zero-order valence-corrected chi connectivity index (χ0v) is 14.0. The van der Waals surface area contributed by atoms with Crippen LogP contribution in [0.5, 0.6) is 0 Å². The smallest absolute Gasteiger partial charge is 0.226 e. The highest BCUT2D eigenvalue weighted by atomic mass is 16.1. The molecule has 1 heterocycles. The first-order valence-electron chi connectivity index (χ1n) is 8.12. The van der Waals surface area contributed by atoms with Gasteiger partial charge in [-0.1, -0.05) is 18.2 Å². The lowest BCUT2D eigenvalue weighted by Crippen LogP contribution is -2.16. The maximum absolute atomic E-state index is 12.2. The SMILES string of the molecule is CC(=O)c1ccc(NCCC(=O)Nc2cccc3cccnc23)cc1. The number of nitrogens with one attached hydrogen (secondary N) is 2. The van der Waals surface area contributed by atoms with Crippen LogP contribution in [-0.2, 0) is 4.79 Å². The third-order valence-electron chi connectivity index (χ3n) is 3.88. The molecule has 0 radical (unpaired) electrons. The maximum atomic E-state index is 12.2. The van der Waals surface area contributed by atoms with Crippen molar-refractivity contribution in [3.8, 4) is 0 Å². The van der Waals surface area contributed by atoms with E-state index in [1.807, 2.05) is 42.5 Å². The molecule has 0 aliphatic carbocycles. The van der Waals surface area contributed by atoms with Crippen molar-refractivity contribution in [3.63, 3.8) is 0 Å². The molecule has 1 amide bonds. The number of carbonyl (C=O) groups excluding carboxylic acids is 2. The molecule has 25 heavy (non-hydrogen) atoms. The highest BCUT2D eigenvalue weighted by molar-refractivity contribution is 6.00. The first-order chi connectivity index (χ1) is 12.1.